The number of nitrogens with one attached hydrogen (secondary N) is 1. The first-order valence-electron chi connectivity index (χ1n) is 8.91. The number of anilines is 1. The van der Waals surface area contributed by atoms with Crippen molar-refractivity contribution in [2.75, 3.05) is 18.4 Å². The summed E-state index contributed by atoms with van der Waals surface area (Å²) in [6.07, 6.45) is 3.69. The van der Waals surface area contributed by atoms with Crippen LogP contribution in [-0.4, -0.2) is 28.3 Å². The molecule has 0 radical (unpaired) electrons. The third-order valence-electron chi connectivity index (χ3n) is 4.94. The van der Waals surface area contributed by atoms with Gasteiger partial charge >= 0.3 is 0 Å². The highest BCUT2D eigenvalue weighted by molar-refractivity contribution is 7.13. The van der Waals surface area contributed by atoms with E-state index in [1.165, 1.54) is 11.5 Å². The van der Waals surface area contributed by atoms with Gasteiger partial charge in [0.2, 0.25) is 5.91 Å². The van der Waals surface area contributed by atoms with Gasteiger partial charge in [0, 0.05) is 46.0 Å². The van der Waals surface area contributed by atoms with E-state index in [1.807, 2.05) is 42.6 Å². The van der Waals surface area contributed by atoms with Crippen LogP contribution in [0.2, 0.25) is 10.0 Å². The molecule has 4 rings (SSSR count). The first-order valence-corrected chi connectivity index (χ1v) is 10.4. The van der Waals surface area contributed by atoms with Crippen molar-refractivity contribution in [1.29, 1.82) is 0 Å². The van der Waals surface area contributed by atoms with Gasteiger partial charge in [0.25, 0.3) is 0 Å². The Labute approximate surface area is 172 Å². The monoisotopic (exact) mass is 419 g/mol. The summed E-state index contributed by atoms with van der Waals surface area (Å²) in [5, 5.41) is 5.46. The Morgan fingerprint density at radius 3 is 2.89 bits per heavy atom. The fourth-order valence-corrected chi connectivity index (χ4v) is 4.66. The summed E-state index contributed by atoms with van der Waals surface area (Å²) in [5.74, 6) is 0.0174. The molecule has 1 amide bonds. The van der Waals surface area contributed by atoms with E-state index in [1.54, 1.807) is 0 Å². The van der Waals surface area contributed by atoms with E-state index in [4.69, 9.17) is 23.2 Å². The predicted octanol–water partition coefficient (Wildman–Crippen LogP) is 5.45. The van der Waals surface area contributed by atoms with Crippen LogP contribution in [0.1, 0.15) is 18.4 Å². The number of aromatic nitrogens is 1. The molecule has 1 unspecified atom stereocenters. The zero-order valence-electron chi connectivity index (χ0n) is 14.6. The second-order valence-corrected chi connectivity index (χ2v) is 8.49. The summed E-state index contributed by atoms with van der Waals surface area (Å²) in [5.41, 5.74) is 1.75. The van der Waals surface area contributed by atoms with Gasteiger partial charge in [0.15, 0.2) is 0 Å². The number of benzene rings is 2. The summed E-state index contributed by atoms with van der Waals surface area (Å²) in [6, 6.07) is 11.5. The number of hydrogen-bond acceptors (Lipinski definition) is 4. The van der Waals surface area contributed by atoms with E-state index in [0.29, 0.717) is 23.1 Å². The Morgan fingerprint density at radius 2 is 2.07 bits per heavy atom. The van der Waals surface area contributed by atoms with Gasteiger partial charge in [-0.3, -0.25) is 9.69 Å². The first kappa shape index (κ1) is 18.7. The second kappa shape index (κ2) is 8.15. The maximum Gasteiger partial charge on any atom is 0.228 e. The molecule has 0 aliphatic carbocycles. The van der Waals surface area contributed by atoms with Crippen molar-refractivity contribution in [3.8, 4) is 0 Å². The van der Waals surface area contributed by atoms with Gasteiger partial charge in [0.1, 0.15) is 0 Å². The molecule has 3 aromatic rings. The van der Waals surface area contributed by atoms with Crippen LogP contribution in [0.3, 0.4) is 0 Å². The zero-order valence-corrected chi connectivity index (χ0v) is 16.9. The number of piperidine rings is 1. The molecule has 2 heterocycles. The van der Waals surface area contributed by atoms with E-state index in [2.05, 4.69) is 14.6 Å². The topological polar surface area (TPSA) is 45.2 Å². The highest BCUT2D eigenvalue weighted by atomic mass is 35.5. The van der Waals surface area contributed by atoms with Crippen molar-refractivity contribution in [2.24, 2.45) is 5.92 Å². The molecule has 1 saturated heterocycles. The molecule has 2 aromatic carbocycles. The average Bonchev–Trinajstić information content (AvgIpc) is 3.13. The van der Waals surface area contributed by atoms with Crippen molar-refractivity contribution in [3.63, 3.8) is 0 Å². The third kappa shape index (κ3) is 4.27. The van der Waals surface area contributed by atoms with Crippen molar-refractivity contribution >= 4 is 56.4 Å². The summed E-state index contributed by atoms with van der Waals surface area (Å²) in [7, 11) is 0. The van der Waals surface area contributed by atoms with Crippen molar-refractivity contribution in [1.82, 2.24) is 9.27 Å². The Bertz CT molecular complexity index is 955. The Morgan fingerprint density at radius 1 is 1.26 bits per heavy atom. The van der Waals surface area contributed by atoms with Crippen LogP contribution in [0, 0.1) is 5.92 Å². The lowest BCUT2D eigenvalue weighted by Crippen LogP contribution is -2.40. The minimum atomic E-state index is -0.0451. The summed E-state index contributed by atoms with van der Waals surface area (Å²) in [6.45, 7) is 2.31. The molecule has 1 aliphatic rings. The number of carbonyl (C=O) groups excluding carboxylic acids is 1. The van der Waals surface area contributed by atoms with Crippen molar-refractivity contribution in [2.45, 2.75) is 19.4 Å². The van der Waals surface area contributed by atoms with E-state index in [9.17, 15) is 4.79 Å². The largest absolute Gasteiger partial charge is 0.326 e. The minimum Gasteiger partial charge on any atom is -0.326 e. The van der Waals surface area contributed by atoms with Gasteiger partial charge in [-0.1, -0.05) is 29.3 Å². The van der Waals surface area contributed by atoms with Crippen molar-refractivity contribution in [3.05, 3.63) is 58.2 Å². The zero-order chi connectivity index (χ0) is 18.8. The highest BCUT2D eigenvalue weighted by Gasteiger charge is 2.26. The van der Waals surface area contributed by atoms with Gasteiger partial charge in [-0.15, -0.1) is 0 Å². The molecule has 1 aromatic heterocycles. The fourth-order valence-electron chi connectivity index (χ4n) is 3.51. The van der Waals surface area contributed by atoms with Crippen LogP contribution >= 0.6 is 34.7 Å². The number of amides is 1. The molecule has 1 N–H and O–H groups in total. The molecule has 1 aliphatic heterocycles. The quantitative estimate of drug-likeness (QED) is 0.610. The van der Waals surface area contributed by atoms with Gasteiger partial charge in [-0.2, -0.15) is 4.37 Å². The maximum absolute atomic E-state index is 12.8. The van der Waals surface area contributed by atoms with Crippen LogP contribution in [0.15, 0.2) is 42.6 Å². The number of hydrogen-bond donors (Lipinski definition) is 1. The lowest BCUT2D eigenvalue weighted by Gasteiger charge is -2.32. The van der Waals surface area contributed by atoms with Gasteiger partial charge in [-0.05, 0) is 61.3 Å². The molecular weight excluding hydrogens is 401 g/mol. The van der Waals surface area contributed by atoms with E-state index in [0.717, 1.165) is 40.7 Å². The van der Waals surface area contributed by atoms with E-state index in [-0.39, 0.29) is 11.8 Å². The lowest BCUT2D eigenvalue weighted by atomic mass is 9.96. The van der Waals surface area contributed by atoms with E-state index < -0.39 is 0 Å². The van der Waals surface area contributed by atoms with Crippen LogP contribution in [-0.2, 0) is 11.3 Å². The molecule has 0 spiro atoms. The smallest absolute Gasteiger partial charge is 0.228 e. The lowest BCUT2D eigenvalue weighted by molar-refractivity contribution is -0.121. The number of likely N-dealkylation sites (tertiary alicyclic amines) is 1. The third-order valence-corrected chi connectivity index (χ3v) is 6.43. The van der Waals surface area contributed by atoms with E-state index >= 15 is 0 Å². The molecule has 0 saturated carbocycles. The van der Waals surface area contributed by atoms with Crippen LogP contribution in [0.5, 0.6) is 0 Å². The first-order chi connectivity index (χ1) is 13.1. The molecule has 1 atom stereocenters. The van der Waals surface area contributed by atoms with Gasteiger partial charge in [0.05, 0.1) is 10.6 Å². The van der Waals surface area contributed by atoms with Crippen LogP contribution in [0.25, 0.3) is 10.1 Å². The normalized spacial score (nSPS) is 17.9. The molecule has 140 valence electrons. The number of fused-ring (bicyclic) bond motifs is 1. The standard InChI is InChI=1S/C20H19Cl2N3OS/c21-17-4-1-5-18(22)16(17)12-25-8-2-3-13(11-25)20(26)24-15-6-7-19-14(9-15)10-23-27-19/h1,4-7,9-10,13H,2-3,8,11-12H2,(H,24,26). The molecule has 4 nitrogen and oxygen atoms in total. The number of halogens is 2. The maximum atomic E-state index is 12.8. The molecular formula is C20H19Cl2N3OS. The summed E-state index contributed by atoms with van der Waals surface area (Å²) >= 11 is 14.1. The average molecular weight is 420 g/mol. The Kier molecular flexibility index (Phi) is 5.64. The predicted molar refractivity (Wildman–Crippen MR) is 113 cm³/mol. The summed E-state index contributed by atoms with van der Waals surface area (Å²) < 4.78 is 5.30. The van der Waals surface area contributed by atoms with Gasteiger partial charge in [-0.25, -0.2) is 0 Å². The SMILES string of the molecule is O=C(Nc1ccc2sncc2c1)C1CCCN(Cc2c(Cl)cccc2Cl)C1. The highest BCUT2D eigenvalue weighted by Crippen LogP contribution is 2.28. The fraction of sp³-hybridized carbons (Fsp3) is 0.300. The van der Waals surface area contributed by atoms with Crippen molar-refractivity contribution < 1.29 is 4.79 Å². The number of rotatable bonds is 4. The van der Waals surface area contributed by atoms with Gasteiger partial charge < -0.3 is 5.32 Å². The number of carbonyl (C=O) groups is 1. The minimum absolute atomic E-state index is 0.0451. The molecule has 7 heteroatoms. The Balaban J connectivity index is 1.42. The molecule has 27 heavy (non-hydrogen) atoms. The second-order valence-electron chi connectivity index (χ2n) is 6.84. The van der Waals surface area contributed by atoms with Crippen LogP contribution < -0.4 is 5.32 Å². The molecule has 1 fully saturated rings. The number of nitrogens with zero attached hydrogens (tertiary/aromatic N) is 2. The summed E-state index contributed by atoms with van der Waals surface area (Å²) in [4.78, 5) is 15.0. The molecule has 0 bridgehead atoms. The Hall–Kier alpha value is -1.66. The van der Waals surface area contributed by atoms with Crippen LogP contribution in [0.4, 0.5) is 5.69 Å².